The van der Waals surface area contributed by atoms with Gasteiger partial charge in [0.15, 0.2) is 0 Å². The molecule has 0 aliphatic carbocycles. The molecular formula is C14H14FN3O2. The predicted octanol–water partition coefficient (Wildman–Crippen LogP) is 3.03. The largest absolute Gasteiger partial charge is 0.465 e. The summed E-state index contributed by atoms with van der Waals surface area (Å²) in [6.45, 7) is 0.534. The average Bonchev–Trinajstić information content (AvgIpc) is 3.08. The molecule has 1 atom stereocenters. The van der Waals surface area contributed by atoms with Crippen molar-refractivity contribution in [1.29, 1.82) is 0 Å². The third kappa shape index (κ3) is 2.24. The van der Waals surface area contributed by atoms with Crippen molar-refractivity contribution < 1.29 is 14.3 Å². The minimum absolute atomic E-state index is 0.221. The molecule has 0 spiro atoms. The van der Waals surface area contributed by atoms with Gasteiger partial charge in [0, 0.05) is 6.54 Å². The van der Waals surface area contributed by atoms with Gasteiger partial charge >= 0.3 is 6.09 Å². The molecule has 2 aromatic rings. The number of imidazole rings is 1. The van der Waals surface area contributed by atoms with Crippen LogP contribution >= 0.6 is 0 Å². The predicted molar refractivity (Wildman–Crippen MR) is 70.7 cm³/mol. The van der Waals surface area contributed by atoms with Crippen molar-refractivity contribution in [3.05, 3.63) is 42.1 Å². The number of aromatic nitrogens is 2. The number of rotatable bonds is 2. The maximum atomic E-state index is 12.9. The zero-order valence-electron chi connectivity index (χ0n) is 10.7. The molecule has 0 bridgehead atoms. The van der Waals surface area contributed by atoms with Gasteiger partial charge in [-0.2, -0.15) is 0 Å². The second-order valence-electron chi connectivity index (χ2n) is 4.82. The summed E-state index contributed by atoms with van der Waals surface area (Å²) in [4.78, 5) is 20.0. The molecule has 3 rings (SSSR count). The van der Waals surface area contributed by atoms with E-state index in [0.29, 0.717) is 12.4 Å². The molecule has 6 heteroatoms. The van der Waals surface area contributed by atoms with E-state index in [1.807, 2.05) is 0 Å². The molecule has 1 aliphatic rings. The van der Waals surface area contributed by atoms with E-state index in [1.165, 1.54) is 17.0 Å². The van der Waals surface area contributed by atoms with Crippen LogP contribution in [0.3, 0.4) is 0 Å². The number of amides is 1. The van der Waals surface area contributed by atoms with Gasteiger partial charge in [0.25, 0.3) is 0 Å². The van der Waals surface area contributed by atoms with Crippen LogP contribution in [0.1, 0.15) is 24.7 Å². The third-order valence-corrected chi connectivity index (χ3v) is 3.56. The van der Waals surface area contributed by atoms with Crippen molar-refractivity contribution in [2.75, 3.05) is 6.54 Å². The van der Waals surface area contributed by atoms with Gasteiger partial charge in [-0.15, -0.1) is 0 Å². The summed E-state index contributed by atoms with van der Waals surface area (Å²) in [5.41, 5.74) is 1.59. The second-order valence-corrected chi connectivity index (χ2v) is 4.82. The average molecular weight is 275 g/mol. The summed E-state index contributed by atoms with van der Waals surface area (Å²) in [6.07, 6.45) is 2.33. The zero-order valence-corrected chi connectivity index (χ0v) is 10.7. The van der Waals surface area contributed by atoms with Crippen LogP contribution in [-0.2, 0) is 0 Å². The molecule has 2 heterocycles. The number of carboxylic acid groups (broad SMARTS) is 1. The van der Waals surface area contributed by atoms with E-state index in [2.05, 4.69) is 9.97 Å². The van der Waals surface area contributed by atoms with E-state index in [9.17, 15) is 9.18 Å². The smallest absolute Gasteiger partial charge is 0.407 e. The second kappa shape index (κ2) is 4.96. The van der Waals surface area contributed by atoms with Crippen LogP contribution in [0.5, 0.6) is 0 Å². The molecular weight excluding hydrogens is 261 g/mol. The summed E-state index contributed by atoms with van der Waals surface area (Å²) in [7, 11) is 0. The van der Waals surface area contributed by atoms with Crippen molar-refractivity contribution >= 4 is 6.09 Å². The first-order valence-electron chi connectivity index (χ1n) is 6.45. The molecule has 1 aliphatic heterocycles. The molecule has 1 aromatic carbocycles. The molecule has 0 saturated carbocycles. The Morgan fingerprint density at radius 1 is 1.40 bits per heavy atom. The topological polar surface area (TPSA) is 69.2 Å². The van der Waals surface area contributed by atoms with Crippen LogP contribution < -0.4 is 0 Å². The highest BCUT2D eigenvalue weighted by Crippen LogP contribution is 2.31. The molecule has 0 radical (unpaired) electrons. The third-order valence-electron chi connectivity index (χ3n) is 3.56. The first kappa shape index (κ1) is 12.7. The van der Waals surface area contributed by atoms with Gasteiger partial charge in [0.05, 0.1) is 17.9 Å². The number of nitrogens with zero attached hydrogens (tertiary/aromatic N) is 2. The lowest BCUT2D eigenvalue weighted by Crippen LogP contribution is -2.29. The van der Waals surface area contributed by atoms with E-state index in [0.717, 1.165) is 24.1 Å². The first-order chi connectivity index (χ1) is 9.65. The van der Waals surface area contributed by atoms with Crippen LogP contribution in [-0.4, -0.2) is 32.6 Å². The van der Waals surface area contributed by atoms with Crippen LogP contribution in [0, 0.1) is 5.82 Å². The highest BCUT2D eigenvalue weighted by Gasteiger charge is 2.31. The molecule has 2 N–H and O–H groups in total. The number of H-pyrrole nitrogens is 1. The van der Waals surface area contributed by atoms with Crippen LogP contribution in [0.25, 0.3) is 11.3 Å². The highest BCUT2D eigenvalue weighted by molar-refractivity contribution is 5.66. The molecule has 0 unspecified atom stereocenters. The maximum Gasteiger partial charge on any atom is 0.407 e. The van der Waals surface area contributed by atoms with E-state index in [1.54, 1.807) is 18.3 Å². The number of carbonyl (C=O) groups is 1. The molecule has 1 amide bonds. The molecule has 104 valence electrons. The van der Waals surface area contributed by atoms with E-state index in [-0.39, 0.29) is 11.9 Å². The Labute approximate surface area is 115 Å². The summed E-state index contributed by atoms with van der Waals surface area (Å²) in [5, 5.41) is 9.14. The number of aromatic amines is 1. The lowest BCUT2D eigenvalue weighted by Gasteiger charge is -2.19. The summed E-state index contributed by atoms with van der Waals surface area (Å²) in [5.74, 6) is 0.352. The Bertz CT molecular complexity index is 624. The molecule has 5 nitrogen and oxygen atoms in total. The van der Waals surface area contributed by atoms with Gasteiger partial charge in [0.2, 0.25) is 0 Å². The van der Waals surface area contributed by atoms with Crippen LogP contribution in [0.4, 0.5) is 9.18 Å². The van der Waals surface area contributed by atoms with Crippen LogP contribution in [0.15, 0.2) is 30.5 Å². The summed E-state index contributed by atoms with van der Waals surface area (Å²) < 4.78 is 12.9. The minimum Gasteiger partial charge on any atom is -0.465 e. The van der Waals surface area contributed by atoms with Crippen LogP contribution in [0.2, 0.25) is 0 Å². The lowest BCUT2D eigenvalue weighted by atomic mass is 10.2. The van der Waals surface area contributed by atoms with E-state index >= 15 is 0 Å². The first-order valence-corrected chi connectivity index (χ1v) is 6.45. The molecule has 1 fully saturated rings. The summed E-state index contributed by atoms with van der Waals surface area (Å²) in [6, 6.07) is 5.87. The van der Waals surface area contributed by atoms with Gasteiger partial charge < -0.3 is 10.1 Å². The molecule has 20 heavy (non-hydrogen) atoms. The fraction of sp³-hybridized carbons (Fsp3) is 0.286. The Hall–Kier alpha value is -2.37. The van der Waals surface area contributed by atoms with Gasteiger partial charge in [-0.3, -0.25) is 4.90 Å². The summed E-state index contributed by atoms with van der Waals surface area (Å²) >= 11 is 0. The quantitative estimate of drug-likeness (QED) is 0.885. The monoisotopic (exact) mass is 275 g/mol. The number of benzene rings is 1. The fourth-order valence-corrected chi connectivity index (χ4v) is 2.56. The van der Waals surface area contributed by atoms with Crippen molar-refractivity contribution in [1.82, 2.24) is 14.9 Å². The van der Waals surface area contributed by atoms with Gasteiger partial charge in [-0.05, 0) is 42.7 Å². The zero-order chi connectivity index (χ0) is 14.1. The highest BCUT2D eigenvalue weighted by atomic mass is 19.1. The molecule has 1 aromatic heterocycles. The van der Waals surface area contributed by atoms with Crippen molar-refractivity contribution in [3.63, 3.8) is 0 Å². The fourth-order valence-electron chi connectivity index (χ4n) is 2.56. The normalized spacial score (nSPS) is 18.4. The Kier molecular flexibility index (Phi) is 3.14. The van der Waals surface area contributed by atoms with E-state index < -0.39 is 6.09 Å². The number of likely N-dealkylation sites (tertiary alicyclic amines) is 1. The van der Waals surface area contributed by atoms with Gasteiger partial charge in [-0.1, -0.05) is 0 Å². The van der Waals surface area contributed by atoms with Crippen molar-refractivity contribution in [2.24, 2.45) is 0 Å². The number of hydrogen-bond donors (Lipinski definition) is 2. The van der Waals surface area contributed by atoms with Crippen molar-refractivity contribution in [2.45, 2.75) is 18.9 Å². The van der Waals surface area contributed by atoms with E-state index in [4.69, 9.17) is 5.11 Å². The lowest BCUT2D eigenvalue weighted by molar-refractivity contribution is 0.139. The van der Waals surface area contributed by atoms with Crippen molar-refractivity contribution in [3.8, 4) is 11.3 Å². The number of hydrogen-bond acceptors (Lipinski definition) is 2. The van der Waals surface area contributed by atoms with Gasteiger partial charge in [-0.25, -0.2) is 14.2 Å². The van der Waals surface area contributed by atoms with Gasteiger partial charge in [0.1, 0.15) is 11.6 Å². The SMILES string of the molecule is O=C(O)N1CCC[C@H]1c1ncc(-c2ccc(F)cc2)[nH]1. The Morgan fingerprint density at radius 3 is 2.85 bits per heavy atom. The number of halogens is 1. The number of nitrogens with one attached hydrogen (secondary N) is 1. The Balaban J connectivity index is 1.86. The molecule has 1 saturated heterocycles. The maximum absolute atomic E-state index is 12.9. The minimum atomic E-state index is -0.924. The Morgan fingerprint density at radius 2 is 2.15 bits per heavy atom. The standard InChI is InChI=1S/C14H14FN3O2/c15-10-5-3-9(4-6-10)11-8-16-13(17-11)12-2-1-7-18(12)14(19)20/h3-6,8,12H,1-2,7H2,(H,16,17)(H,19,20)/t12-/m0/s1.